The van der Waals surface area contributed by atoms with Crippen LogP contribution in [0.2, 0.25) is 0 Å². The molecule has 2 heterocycles. The molecule has 1 aromatic rings. The highest BCUT2D eigenvalue weighted by atomic mass is 32.2. The van der Waals surface area contributed by atoms with Crippen molar-refractivity contribution < 1.29 is 13.2 Å². The average molecular weight is 281 g/mol. The summed E-state index contributed by atoms with van der Waals surface area (Å²) in [4.78, 5) is 0.511. The van der Waals surface area contributed by atoms with E-state index in [0.717, 1.165) is 31.5 Å². The predicted octanol–water partition coefficient (Wildman–Crippen LogP) is 1.33. The van der Waals surface area contributed by atoms with Crippen molar-refractivity contribution in [1.82, 2.24) is 5.32 Å². The third-order valence-electron chi connectivity index (χ3n) is 4.01. The van der Waals surface area contributed by atoms with Gasteiger partial charge in [-0.15, -0.1) is 0 Å². The second-order valence-corrected chi connectivity index (χ2v) is 7.48. The highest BCUT2D eigenvalue weighted by Gasteiger charge is 2.36. The van der Waals surface area contributed by atoms with E-state index in [1.807, 2.05) is 18.2 Å². The van der Waals surface area contributed by atoms with Gasteiger partial charge in [-0.2, -0.15) is 0 Å². The first-order valence-corrected chi connectivity index (χ1v) is 8.35. The van der Waals surface area contributed by atoms with Gasteiger partial charge in [-0.25, -0.2) is 8.42 Å². The zero-order valence-electron chi connectivity index (χ0n) is 10.8. The highest BCUT2D eigenvalue weighted by Crippen LogP contribution is 2.32. The lowest BCUT2D eigenvalue weighted by molar-refractivity contribution is 0.0415. The first-order chi connectivity index (χ1) is 9.19. The second kappa shape index (κ2) is 5.23. The molecule has 0 spiro atoms. The van der Waals surface area contributed by atoms with E-state index in [1.54, 1.807) is 6.07 Å². The van der Waals surface area contributed by atoms with Gasteiger partial charge in [0.05, 0.1) is 18.1 Å². The maximum absolute atomic E-state index is 12.6. The van der Waals surface area contributed by atoms with Crippen LogP contribution in [0.3, 0.4) is 0 Å². The van der Waals surface area contributed by atoms with Gasteiger partial charge in [0.1, 0.15) is 5.25 Å². The maximum Gasteiger partial charge on any atom is 0.186 e. The summed E-state index contributed by atoms with van der Waals surface area (Å²) in [7, 11) is -3.24. The number of rotatable bonds is 3. The Morgan fingerprint density at radius 2 is 2.00 bits per heavy atom. The van der Waals surface area contributed by atoms with Gasteiger partial charge in [0.25, 0.3) is 0 Å². The quantitative estimate of drug-likeness (QED) is 0.908. The standard InChI is InChI=1S/C14H19NO3S/c16-19(17,12-9-18-10-12)14-6-2-1-5-13(14)11-4-3-7-15-8-11/h1-2,5-6,11-12,15H,3-4,7-10H2. The predicted molar refractivity (Wildman–Crippen MR) is 73.1 cm³/mol. The molecule has 19 heavy (non-hydrogen) atoms. The van der Waals surface area contributed by atoms with Crippen LogP contribution in [-0.2, 0) is 14.6 Å². The van der Waals surface area contributed by atoms with Crippen LogP contribution in [-0.4, -0.2) is 40.0 Å². The zero-order chi connectivity index (χ0) is 13.3. The molecule has 0 aliphatic carbocycles. The molecule has 104 valence electrons. The van der Waals surface area contributed by atoms with Crippen LogP contribution in [0.25, 0.3) is 0 Å². The van der Waals surface area contributed by atoms with Crippen LogP contribution in [0.1, 0.15) is 24.3 Å². The number of ether oxygens (including phenoxy) is 1. The molecule has 0 saturated carbocycles. The topological polar surface area (TPSA) is 55.4 Å². The Hall–Kier alpha value is -0.910. The van der Waals surface area contributed by atoms with E-state index < -0.39 is 9.84 Å². The van der Waals surface area contributed by atoms with Crippen LogP contribution in [0.5, 0.6) is 0 Å². The van der Waals surface area contributed by atoms with Crippen molar-refractivity contribution in [2.24, 2.45) is 0 Å². The molecule has 5 heteroatoms. The smallest absolute Gasteiger partial charge is 0.186 e. The summed E-state index contributed by atoms with van der Waals surface area (Å²) >= 11 is 0. The van der Waals surface area contributed by atoms with Gasteiger partial charge < -0.3 is 10.1 Å². The SMILES string of the molecule is O=S(=O)(c1ccccc1C1CCCNC1)C1COC1. The number of sulfone groups is 1. The molecule has 0 radical (unpaired) electrons. The Balaban J connectivity index is 1.96. The van der Waals surface area contributed by atoms with Gasteiger partial charge in [0.15, 0.2) is 9.84 Å². The Kier molecular flexibility index (Phi) is 3.60. The van der Waals surface area contributed by atoms with E-state index in [0.29, 0.717) is 24.0 Å². The molecule has 0 amide bonds. The van der Waals surface area contributed by atoms with E-state index in [9.17, 15) is 8.42 Å². The van der Waals surface area contributed by atoms with Gasteiger partial charge in [-0.1, -0.05) is 18.2 Å². The molecule has 0 aromatic heterocycles. The lowest BCUT2D eigenvalue weighted by Crippen LogP contribution is -2.41. The molecular weight excluding hydrogens is 262 g/mol. The molecule has 2 saturated heterocycles. The molecule has 1 N–H and O–H groups in total. The van der Waals surface area contributed by atoms with Gasteiger partial charge >= 0.3 is 0 Å². The Morgan fingerprint density at radius 1 is 1.21 bits per heavy atom. The van der Waals surface area contributed by atoms with Gasteiger partial charge in [0, 0.05) is 6.54 Å². The molecule has 1 aromatic carbocycles. The summed E-state index contributed by atoms with van der Waals surface area (Å²) in [5.74, 6) is 0.306. The number of nitrogens with one attached hydrogen (secondary N) is 1. The molecule has 2 fully saturated rings. The minimum absolute atomic E-state index is 0.306. The van der Waals surface area contributed by atoms with Crippen molar-refractivity contribution in [3.05, 3.63) is 29.8 Å². The first kappa shape index (κ1) is 13.1. The van der Waals surface area contributed by atoms with Crippen LogP contribution in [0, 0.1) is 0 Å². The lowest BCUT2D eigenvalue weighted by Gasteiger charge is -2.29. The monoisotopic (exact) mass is 281 g/mol. The average Bonchev–Trinajstić information content (AvgIpc) is 2.37. The fourth-order valence-electron chi connectivity index (χ4n) is 2.77. The third kappa shape index (κ3) is 2.42. The minimum Gasteiger partial charge on any atom is -0.379 e. The summed E-state index contributed by atoms with van der Waals surface area (Å²) < 4.78 is 30.2. The molecule has 1 unspecified atom stereocenters. The van der Waals surface area contributed by atoms with Crippen LogP contribution in [0.15, 0.2) is 29.2 Å². The van der Waals surface area contributed by atoms with Crippen LogP contribution in [0.4, 0.5) is 0 Å². The normalized spacial score (nSPS) is 24.9. The first-order valence-electron chi connectivity index (χ1n) is 6.81. The van der Waals surface area contributed by atoms with Crippen molar-refractivity contribution in [1.29, 1.82) is 0 Å². The lowest BCUT2D eigenvalue weighted by atomic mass is 9.92. The molecule has 0 bridgehead atoms. The van der Waals surface area contributed by atoms with E-state index in [4.69, 9.17) is 4.74 Å². The number of hydrogen-bond acceptors (Lipinski definition) is 4. The van der Waals surface area contributed by atoms with Crippen LogP contribution >= 0.6 is 0 Å². The van der Waals surface area contributed by atoms with Crippen molar-refractivity contribution >= 4 is 9.84 Å². The second-order valence-electron chi connectivity index (χ2n) is 5.29. The molecule has 2 aliphatic rings. The summed E-state index contributed by atoms with van der Waals surface area (Å²) in [5.41, 5.74) is 0.974. The van der Waals surface area contributed by atoms with Gasteiger partial charge in [-0.3, -0.25) is 0 Å². The molecule has 4 nitrogen and oxygen atoms in total. The fourth-order valence-corrected chi connectivity index (χ4v) is 4.51. The summed E-state index contributed by atoms with van der Waals surface area (Å²) in [6.07, 6.45) is 2.16. The van der Waals surface area contributed by atoms with E-state index in [-0.39, 0.29) is 5.25 Å². The summed E-state index contributed by atoms with van der Waals surface area (Å²) in [6.45, 7) is 2.56. The summed E-state index contributed by atoms with van der Waals surface area (Å²) in [5, 5.41) is 2.99. The van der Waals surface area contributed by atoms with Crippen molar-refractivity contribution in [2.75, 3.05) is 26.3 Å². The van der Waals surface area contributed by atoms with Crippen molar-refractivity contribution in [3.8, 4) is 0 Å². The van der Waals surface area contributed by atoms with Crippen molar-refractivity contribution in [3.63, 3.8) is 0 Å². The Morgan fingerprint density at radius 3 is 2.63 bits per heavy atom. The van der Waals surface area contributed by atoms with Crippen LogP contribution < -0.4 is 5.32 Å². The fraction of sp³-hybridized carbons (Fsp3) is 0.571. The Labute approximate surface area is 114 Å². The largest absolute Gasteiger partial charge is 0.379 e. The number of benzene rings is 1. The van der Waals surface area contributed by atoms with Crippen molar-refractivity contribution in [2.45, 2.75) is 28.9 Å². The molecule has 1 atom stereocenters. The van der Waals surface area contributed by atoms with E-state index in [2.05, 4.69) is 5.32 Å². The van der Waals surface area contributed by atoms with Gasteiger partial charge in [0.2, 0.25) is 0 Å². The maximum atomic E-state index is 12.6. The summed E-state index contributed by atoms with van der Waals surface area (Å²) in [6, 6.07) is 7.45. The van der Waals surface area contributed by atoms with E-state index in [1.165, 1.54) is 0 Å². The number of piperidine rings is 1. The molecular formula is C14H19NO3S. The van der Waals surface area contributed by atoms with E-state index >= 15 is 0 Å². The Bertz CT molecular complexity index is 546. The third-order valence-corrected chi connectivity index (χ3v) is 6.14. The highest BCUT2D eigenvalue weighted by molar-refractivity contribution is 7.92. The van der Waals surface area contributed by atoms with Gasteiger partial charge in [-0.05, 0) is 36.9 Å². The number of hydrogen-bond donors (Lipinski definition) is 1. The molecule has 3 rings (SSSR count). The minimum atomic E-state index is -3.24. The molecule has 2 aliphatic heterocycles. The zero-order valence-corrected chi connectivity index (χ0v) is 11.7.